The normalized spacial score (nSPS) is 14.6. The summed E-state index contributed by atoms with van der Waals surface area (Å²) in [5.41, 5.74) is 10.5. The zero-order chi connectivity index (χ0) is 33.0. The van der Waals surface area contributed by atoms with Crippen molar-refractivity contribution in [3.05, 3.63) is 187 Å². The van der Waals surface area contributed by atoms with E-state index in [2.05, 4.69) is 131 Å². The average molecular weight is 643 g/mol. The molecule has 236 valence electrons. The standard InChI is InChI=1S/C45H30N4O/c1-4-13-29(14-5-1)43-46-44(30-15-6-2-7-16-30)48-45(47-43)32-23-25-36-38-27-31(24-26-40(38)50-41(36)28-32)34-20-12-21-37-35-19-10-11-22-39(35)49(42(34)37)33-17-8-3-9-18-33/h1-28,43H,(H,46,47,48). The molecule has 1 atom stereocenters. The van der Waals surface area contributed by atoms with Crippen molar-refractivity contribution >= 4 is 55.4 Å². The number of furan rings is 1. The number of benzene rings is 7. The molecule has 1 unspecified atom stereocenters. The monoisotopic (exact) mass is 642 g/mol. The van der Waals surface area contributed by atoms with Gasteiger partial charge in [0.05, 0.1) is 11.0 Å². The van der Waals surface area contributed by atoms with Crippen molar-refractivity contribution in [3.8, 4) is 16.8 Å². The third kappa shape index (κ3) is 4.63. The van der Waals surface area contributed by atoms with E-state index in [0.717, 1.165) is 55.7 Å². The minimum absolute atomic E-state index is 0.262. The third-order valence-corrected chi connectivity index (χ3v) is 9.65. The highest BCUT2D eigenvalue weighted by molar-refractivity contribution is 6.16. The average Bonchev–Trinajstić information content (AvgIpc) is 3.74. The van der Waals surface area contributed by atoms with Gasteiger partial charge in [-0.15, -0.1) is 0 Å². The first-order chi connectivity index (χ1) is 24.8. The first-order valence-electron chi connectivity index (χ1n) is 16.9. The lowest BCUT2D eigenvalue weighted by Gasteiger charge is -2.23. The van der Waals surface area contributed by atoms with E-state index < -0.39 is 0 Å². The number of hydrogen-bond acceptors (Lipinski definition) is 4. The summed E-state index contributed by atoms with van der Waals surface area (Å²) in [6, 6.07) is 59.2. The fourth-order valence-corrected chi connectivity index (χ4v) is 7.31. The van der Waals surface area contributed by atoms with Crippen LogP contribution in [0.2, 0.25) is 0 Å². The van der Waals surface area contributed by atoms with E-state index in [1.807, 2.05) is 48.5 Å². The lowest BCUT2D eigenvalue weighted by atomic mass is 9.99. The molecule has 9 aromatic rings. The highest BCUT2D eigenvalue weighted by Gasteiger charge is 2.22. The van der Waals surface area contributed by atoms with Crippen molar-refractivity contribution in [1.82, 2.24) is 9.88 Å². The predicted octanol–water partition coefficient (Wildman–Crippen LogP) is 10.8. The van der Waals surface area contributed by atoms with E-state index in [9.17, 15) is 0 Å². The highest BCUT2D eigenvalue weighted by atomic mass is 16.3. The SMILES string of the molecule is c1ccc(C2=NC(c3ccccc3)NC(c3ccc4c(c3)oc3ccc(-c5cccc6c7ccccc7n(-c7ccccc7)c56)cc34)=N2)cc1. The third-order valence-electron chi connectivity index (χ3n) is 9.65. The van der Waals surface area contributed by atoms with Crippen molar-refractivity contribution in [3.63, 3.8) is 0 Å². The molecule has 5 heteroatoms. The second-order valence-corrected chi connectivity index (χ2v) is 12.7. The van der Waals surface area contributed by atoms with Crippen LogP contribution in [0.25, 0.3) is 60.6 Å². The second kappa shape index (κ2) is 11.5. The van der Waals surface area contributed by atoms with Crippen molar-refractivity contribution in [2.45, 2.75) is 6.17 Å². The Morgan fingerprint density at radius 3 is 2.08 bits per heavy atom. The predicted molar refractivity (Wildman–Crippen MR) is 205 cm³/mol. The van der Waals surface area contributed by atoms with Gasteiger partial charge in [0.15, 0.2) is 5.84 Å². The summed E-state index contributed by atoms with van der Waals surface area (Å²) in [6.45, 7) is 0. The molecule has 3 heterocycles. The maximum Gasteiger partial charge on any atom is 0.159 e. The van der Waals surface area contributed by atoms with Gasteiger partial charge >= 0.3 is 0 Å². The number of rotatable bonds is 5. The number of aromatic nitrogens is 1. The van der Waals surface area contributed by atoms with E-state index in [0.29, 0.717) is 5.84 Å². The van der Waals surface area contributed by atoms with Crippen molar-refractivity contribution in [2.75, 3.05) is 0 Å². The molecule has 50 heavy (non-hydrogen) atoms. The Bertz CT molecular complexity index is 2780. The summed E-state index contributed by atoms with van der Waals surface area (Å²) < 4.78 is 8.89. The van der Waals surface area contributed by atoms with Crippen molar-refractivity contribution in [1.29, 1.82) is 0 Å². The van der Waals surface area contributed by atoms with Gasteiger partial charge in [-0.1, -0.05) is 127 Å². The second-order valence-electron chi connectivity index (χ2n) is 12.7. The number of nitrogens with one attached hydrogen (secondary N) is 1. The summed E-state index contributed by atoms with van der Waals surface area (Å²) in [6.07, 6.45) is -0.262. The molecule has 1 aliphatic heterocycles. The quantitative estimate of drug-likeness (QED) is 0.203. The van der Waals surface area contributed by atoms with E-state index in [-0.39, 0.29) is 6.17 Å². The molecule has 0 saturated heterocycles. The Morgan fingerprint density at radius 1 is 0.520 bits per heavy atom. The Morgan fingerprint density at radius 2 is 1.24 bits per heavy atom. The van der Waals surface area contributed by atoms with Gasteiger partial charge < -0.3 is 14.3 Å². The number of fused-ring (bicyclic) bond motifs is 6. The number of hydrogen-bond donors (Lipinski definition) is 1. The first kappa shape index (κ1) is 28.3. The largest absolute Gasteiger partial charge is 0.456 e. The van der Waals surface area contributed by atoms with Crippen molar-refractivity contribution < 1.29 is 4.42 Å². The van der Waals surface area contributed by atoms with Crippen LogP contribution in [0.3, 0.4) is 0 Å². The van der Waals surface area contributed by atoms with E-state index in [1.54, 1.807) is 0 Å². The number of nitrogens with zero attached hydrogens (tertiary/aromatic N) is 3. The smallest absolute Gasteiger partial charge is 0.159 e. The number of aliphatic imine (C=N–C) groups is 2. The molecule has 0 amide bonds. The van der Waals surface area contributed by atoms with Gasteiger partial charge in [0.25, 0.3) is 0 Å². The van der Waals surface area contributed by atoms with Gasteiger partial charge in [0, 0.05) is 43.9 Å². The number of amidine groups is 2. The molecule has 0 spiro atoms. The molecule has 2 aromatic heterocycles. The fraction of sp³-hybridized carbons (Fsp3) is 0.0222. The molecule has 0 saturated carbocycles. The highest BCUT2D eigenvalue weighted by Crippen LogP contribution is 2.40. The van der Waals surface area contributed by atoms with Crippen LogP contribution in [0.4, 0.5) is 0 Å². The molecule has 0 bridgehead atoms. The van der Waals surface area contributed by atoms with Crippen LogP contribution in [0.1, 0.15) is 22.9 Å². The minimum atomic E-state index is -0.262. The molecule has 1 aliphatic rings. The van der Waals surface area contributed by atoms with Crippen LogP contribution in [0.5, 0.6) is 0 Å². The summed E-state index contributed by atoms with van der Waals surface area (Å²) >= 11 is 0. The Hall–Kier alpha value is -6.72. The summed E-state index contributed by atoms with van der Waals surface area (Å²) in [5.74, 6) is 1.46. The molecular formula is C45H30N4O. The molecule has 0 fully saturated rings. The number of para-hydroxylation sites is 3. The molecule has 1 N–H and O–H groups in total. The fourth-order valence-electron chi connectivity index (χ4n) is 7.31. The zero-order valence-corrected chi connectivity index (χ0v) is 27.0. The van der Waals surface area contributed by atoms with E-state index >= 15 is 0 Å². The van der Waals surface area contributed by atoms with Crippen LogP contribution in [0.15, 0.2) is 184 Å². The maximum absolute atomic E-state index is 6.51. The zero-order valence-electron chi connectivity index (χ0n) is 27.0. The van der Waals surface area contributed by atoms with Crippen LogP contribution < -0.4 is 5.32 Å². The molecule has 0 radical (unpaired) electrons. The van der Waals surface area contributed by atoms with Gasteiger partial charge in [0.2, 0.25) is 0 Å². The topological polar surface area (TPSA) is 54.8 Å². The summed E-state index contributed by atoms with van der Waals surface area (Å²) in [7, 11) is 0. The lowest BCUT2D eigenvalue weighted by Crippen LogP contribution is -2.33. The van der Waals surface area contributed by atoms with Gasteiger partial charge in [-0.2, -0.15) is 0 Å². The Kier molecular flexibility index (Phi) is 6.49. The van der Waals surface area contributed by atoms with E-state index in [1.165, 1.54) is 27.4 Å². The Labute approximate surface area is 288 Å². The summed E-state index contributed by atoms with van der Waals surface area (Å²) in [5, 5.41) is 8.20. The van der Waals surface area contributed by atoms with Crippen LogP contribution in [0, 0.1) is 0 Å². The maximum atomic E-state index is 6.51. The van der Waals surface area contributed by atoms with Crippen LogP contribution >= 0.6 is 0 Å². The molecular weight excluding hydrogens is 613 g/mol. The first-order valence-corrected chi connectivity index (χ1v) is 16.9. The Balaban J connectivity index is 1.10. The van der Waals surface area contributed by atoms with Gasteiger partial charge in [-0.05, 0) is 53.6 Å². The molecule has 7 aromatic carbocycles. The molecule has 5 nitrogen and oxygen atoms in total. The van der Waals surface area contributed by atoms with Gasteiger partial charge in [-0.25, -0.2) is 9.98 Å². The van der Waals surface area contributed by atoms with Crippen molar-refractivity contribution in [2.24, 2.45) is 9.98 Å². The van der Waals surface area contributed by atoms with Crippen LogP contribution in [-0.2, 0) is 0 Å². The van der Waals surface area contributed by atoms with Gasteiger partial charge in [-0.3, -0.25) is 0 Å². The summed E-state index contributed by atoms with van der Waals surface area (Å²) in [4.78, 5) is 9.99. The van der Waals surface area contributed by atoms with E-state index in [4.69, 9.17) is 14.4 Å². The van der Waals surface area contributed by atoms with Crippen LogP contribution in [-0.4, -0.2) is 16.2 Å². The molecule has 0 aliphatic carbocycles. The lowest BCUT2D eigenvalue weighted by molar-refractivity contribution is 0.666. The van der Waals surface area contributed by atoms with Gasteiger partial charge in [0.1, 0.15) is 23.2 Å². The molecule has 10 rings (SSSR count). The minimum Gasteiger partial charge on any atom is -0.456 e.